The van der Waals surface area contributed by atoms with Crippen LogP contribution in [-0.4, -0.2) is 34.1 Å². The molecular weight excluding hydrogens is 270 g/mol. The van der Waals surface area contributed by atoms with Crippen LogP contribution >= 0.6 is 0 Å². The first kappa shape index (κ1) is 15.0. The van der Waals surface area contributed by atoms with Gasteiger partial charge >= 0.3 is 0 Å². The molecule has 0 spiro atoms. The summed E-state index contributed by atoms with van der Waals surface area (Å²) in [5.74, 6) is 0.526. The summed E-state index contributed by atoms with van der Waals surface area (Å²) in [5, 5.41) is 10.4. The maximum atomic E-state index is 12.0. The molecule has 7 heteroatoms. The van der Waals surface area contributed by atoms with Crippen molar-refractivity contribution in [1.82, 2.24) is 20.3 Å². The van der Waals surface area contributed by atoms with E-state index in [1.54, 1.807) is 10.9 Å². The van der Waals surface area contributed by atoms with Crippen molar-refractivity contribution in [3.8, 4) is 5.75 Å². The lowest BCUT2D eigenvalue weighted by Crippen LogP contribution is -2.23. The Hall–Kier alpha value is -2.41. The molecule has 0 saturated heterocycles. The topological polar surface area (TPSA) is 95.1 Å². The maximum absolute atomic E-state index is 12.0. The third kappa shape index (κ3) is 4.28. The molecule has 0 aliphatic carbocycles. The van der Waals surface area contributed by atoms with Crippen LogP contribution in [-0.2, 0) is 13.1 Å². The van der Waals surface area contributed by atoms with Gasteiger partial charge < -0.3 is 15.8 Å². The SMILES string of the molecule is CCOc1cccc(CNC(=O)c2cn(CCN)nn2)c1. The molecule has 0 bridgehead atoms. The summed E-state index contributed by atoms with van der Waals surface area (Å²) in [6.45, 7) is 3.94. The van der Waals surface area contributed by atoms with Gasteiger partial charge in [0.05, 0.1) is 19.3 Å². The van der Waals surface area contributed by atoms with Crippen LogP contribution < -0.4 is 15.8 Å². The van der Waals surface area contributed by atoms with Crippen LogP contribution in [0.15, 0.2) is 30.5 Å². The quantitative estimate of drug-likeness (QED) is 0.777. The standard InChI is InChI=1S/C14H19N5O2/c1-2-21-12-5-3-4-11(8-12)9-16-14(20)13-10-19(7-6-15)18-17-13/h3-5,8,10H,2,6-7,9,15H2,1H3,(H,16,20). The molecule has 0 fully saturated rings. The molecule has 0 radical (unpaired) electrons. The van der Waals surface area contributed by atoms with Crippen LogP contribution in [0.2, 0.25) is 0 Å². The summed E-state index contributed by atoms with van der Waals surface area (Å²) in [7, 11) is 0. The molecule has 1 aromatic heterocycles. The monoisotopic (exact) mass is 289 g/mol. The summed E-state index contributed by atoms with van der Waals surface area (Å²) in [6.07, 6.45) is 1.58. The van der Waals surface area contributed by atoms with Crippen molar-refractivity contribution in [3.05, 3.63) is 41.7 Å². The van der Waals surface area contributed by atoms with E-state index in [-0.39, 0.29) is 11.6 Å². The van der Waals surface area contributed by atoms with E-state index >= 15 is 0 Å². The van der Waals surface area contributed by atoms with Crippen LogP contribution in [0.3, 0.4) is 0 Å². The number of nitrogens with one attached hydrogen (secondary N) is 1. The number of aromatic nitrogens is 3. The van der Waals surface area contributed by atoms with Gasteiger partial charge in [-0.15, -0.1) is 5.10 Å². The molecular formula is C14H19N5O2. The minimum Gasteiger partial charge on any atom is -0.494 e. The third-order valence-corrected chi connectivity index (χ3v) is 2.79. The first-order valence-corrected chi connectivity index (χ1v) is 6.83. The van der Waals surface area contributed by atoms with E-state index in [4.69, 9.17) is 10.5 Å². The summed E-state index contributed by atoms with van der Waals surface area (Å²) in [6, 6.07) is 7.60. The summed E-state index contributed by atoms with van der Waals surface area (Å²) in [4.78, 5) is 12.0. The van der Waals surface area contributed by atoms with Crippen molar-refractivity contribution in [3.63, 3.8) is 0 Å². The first-order chi connectivity index (χ1) is 10.2. The molecule has 21 heavy (non-hydrogen) atoms. The average molecular weight is 289 g/mol. The van der Waals surface area contributed by atoms with E-state index < -0.39 is 0 Å². The van der Waals surface area contributed by atoms with Gasteiger partial charge in [0.2, 0.25) is 0 Å². The number of hydrogen-bond acceptors (Lipinski definition) is 5. The van der Waals surface area contributed by atoms with Gasteiger partial charge in [-0.05, 0) is 24.6 Å². The number of ether oxygens (including phenoxy) is 1. The van der Waals surface area contributed by atoms with E-state index in [1.807, 2.05) is 31.2 Å². The second-order valence-electron chi connectivity index (χ2n) is 4.42. The fourth-order valence-corrected chi connectivity index (χ4v) is 1.83. The zero-order valence-corrected chi connectivity index (χ0v) is 12.0. The van der Waals surface area contributed by atoms with Crippen molar-refractivity contribution >= 4 is 5.91 Å². The zero-order chi connectivity index (χ0) is 15.1. The highest BCUT2D eigenvalue weighted by Crippen LogP contribution is 2.13. The molecule has 0 saturated carbocycles. The minimum atomic E-state index is -0.264. The molecule has 0 aliphatic rings. The maximum Gasteiger partial charge on any atom is 0.273 e. The number of amides is 1. The highest BCUT2D eigenvalue weighted by atomic mass is 16.5. The van der Waals surface area contributed by atoms with Gasteiger partial charge in [-0.3, -0.25) is 9.48 Å². The number of carbonyl (C=O) groups excluding carboxylic acids is 1. The molecule has 0 aliphatic heterocycles. The molecule has 1 amide bonds. The lowest BCUT2D eigenvalue weighted by molar-refractivity contribution is 0.0945. The van der Waals surface area contributed by atoms with Crippen LogP contribution in [0.4, 0.5) is 0 Å². The Balaban J connectivity index is 1.92. The van der Waals surface area contributed by atoms with E-state index in [1.165, 1.54) is 0 Å². The van der Waals surface area contributed by atoms with Crippen molar-refractivity contribution in [2.75, 3.05) is 13.2 Å². The fraction of sp³-hybridized carbons (Fsp3) is 0.357. The van der Waals surface area contributed by atoms with Gasteiger partial charge in [-0.2, -0.15) is 0 Å². The molecule has 1 aromatic carbocycles. The van der Waals surface area contributed by atoms with Crippen molar-refractivity contribution < 1.29 is 9.53 Å². The molecule has 2 rings (SSSR count). The van der Waals surface area contributed by atoms with E-state index in [0.29, 0.717) is 26.2 Å². The minimum absolute atomic E-state index is 0.264. The average Bonchev–Trinajstić information content (AvgIpc) is 2.95. The number of carbonyl (C=O) groups is 1. The second kappa shape index (κ2) is 7.39. The van der Waals surface area contributed by atoms with Gasteiger partial charge in [0.15, 0.2) is 5.69 Å². The molecule has 1 heterocycles. The Bertz CT molecular complexity index is 597. The summed E-state index contributed by atoms with van der Waals surface area (Å²) < 4.78 is 6.96. The predicted octanol–water partition coefficient (Wildman–Crippen LogP) is 0.565. The lowest BCUT2D eigenvalue weighted by Gasteiger charge is -2.06. The molecule has 7 nitrogen and oxygen atoms in total. The van der Waals surface area contributed by atoms with Crippen molar-refractivity contribution in [2.24, 2.45) is 5.73 Å². The Morgan fingerprint density at radius 1 is 1.48 bits per heavy atom. The van der Waals surface area contributed by atoms with E-state index in [9.17, 15) is 4.79 Å². The van der Waals surface area contributed by atoms with E-state index in [0.717, 1.165) is 11.3 Å². The Morgan fingerprint density at radius 2 is 2.33 bits per heavy atom. The van der Waals surface area contributed by atoms with Crippen LogP contribution in [0, 0.1) is 0 Å². The first-order valence-electron chi connectivity index (χ1n) is 6.83. The third-order valence-electron chi connectivity index (χ3n) is 2.79. The molecule has 0 unspecified atom stereocenters. The van der Waals surface area contributed by atoms with Gasteiger partial charge in [-0.25, -0.2) is 0 Å². The second-order valence-corrected chi connectivity index (χ2v) is 4.42. The fourth-order valence-electron chi connectivity index (χ4n) is 1.83. The smallest absolute Gasteiger partial charge is 0.273 e. The Morgan fingerprint density at radius 3 is 3.10 bits per heavy atom. The van der Waals surface area contributed by atoms with Crippen molar-refractivity contribution in [1.29, 1.82) is 0 Å². The largest absolute Gasteiger partial charge is 0.494 e. The van der Waals surface area contributed by atoms with Gasteiger partial charge in [0.25, 0.3) is 5.91 Å². The van der Waals surface area contributed by atoms with Gasteiger partial charge in [0, 0.05) is 13.1 Å². The Labute approximate surface area is 123 Å². The molecule has 3 N–H and O–H groups in total. The normalized spacial score (nSPS) is 10.4. The van der Waals surface area contributed by atoms with Gasteiger partial charge in [0.1, 0.15) is 5.75 Å². The number of benzene rings is 1. The molecule has 0 atom stereocenters. The molecule has 2 aromatic rings. The number of nitrogens with two attached hydrogens (primary N) is 1. The Kier molecular flexibility index (Phi) is 5.28. The highest BCUT2D eigenvalue weighted by Gasteiger charge is 2.10. The summed E-state index contributed by atoms with van der Waals surface area (Å²) in [5.41, 5.74) is 6.66. The van der Waals surface area contributed by atoms with Crippen LogP contribution in [0.25, 0.3) is 0 Å². The number of rotatable bonds is 7. The predicted molar refractivity (Wildman–Crippen MR) is 77.9 cm³/mol. The molecule has 112 valence electrons. The van der Waals surface area contributed by atoms with Crippen LogP contribution in [0.1, 0.15) is 23.0 Å². The zero-order valence-electron chi connectivity index (χ0n) is 12.0. The van der Waals surface area contributed by atoms with Gasteiger partial charge in [-0.1, -0.05) is 17.3 Å². The summed E-state index contributed by atoms with van der Waals surface area (Å²) >= 11 is 0. The lowest BCUT2D eigenvalue weighted by atomic mass is 10.2. The number of hydrogen-bond donors (Lipinski definition) is 2. The van der Waals surface area contributed by atoms with Crippen molar-refractivity contribution in [2.45, 2.75) is 20.0 Å². The van der Waals surface area contributed by atoms with Crippen LogP contribution in [0.5, 0.6) is 5.75 Å². The van der Waals surface area contributed by atoms with E-state index in [2.05, 4.69) is 15.6 Å². The highest BCUT2D eigenvalue weighted by molar-refractivity contribution is 5.91. The number of nitrogens with zero attached hydrogens (tertiary/aromatic N) is 3.